The van der Waals surface area contributed by atoms with Crippen molar-refractivity contribution >= 4 is 11.6 Å². The number of rotatable bonds is 5. The highest BCUT2D eigenvalue weighted by Gasteiger charge is 2.19. The van der Waals surface area contributed by atoms with Crippen LogP contribution in [0.1, 0.15) is 55.4 Å². The van der Waals surface area contributed by atoms with Gasteiger partial charge in [0, 0.05) is 34.9 Å². The second-order valence-electron chi connectivity index (χ2n) is 5.57. The average Bonchev–Trinajstić information content (AvgIpc) is 2.73. The van der Waals surface area contributed by atoms with E-state index in [4.69, 9.17) is 11.6 Å². The highest BCUT2D eigenvalue weighted by atomic mass is 35.5. The first kappa shape index (κ1) is 16.1. The summed E-state index contributed by atoms with van der Waals surface area (Å²) in [7, 11) is 0. The second-order valence-corrected chi connectivity index (χ2v) is 6.00. The number of aryl methyl sites for hydroxylation is 2. The van der Waals surface area contributed by atoms with Crippen molar-refractivity contribution in [1.82, 2.24) is 15.1 Å². The molecule has 2 aromatic rings. The maximum absolute atomic E-state index is 6.07. The molecular weight excluding hydrogens is 282 g/mol. The molecule has 1 unspecified atom stereocenters. The van der Waals surface area contributed by atoms with Gasteiger partial charge in [0.1, 0.15) is 0 Å². The van der Waals surface area contributed by atoms with Crippen molar-refractivity contribution in [2.24, 2.45) is 0 Å². The number of aromatic nitrogens is 2. The maximum atomic E-state index is 6.07. The molecule has 0 spiro atoms. The van der Waals surface area contributed by atoms with Crippen molar-refractivity contribution in [3.63, 3.8) is 0 Å². The summed E-state index contributed by atoms with van der Waals surface area (Å²) >= 11 is 6.07. The van der Waals surface area contributed by atoms with E-state index in [-0.39, 0.29) is 12.1 Å². The summed E-state index contributed by atoms with van der Waals surface area (Å²) in [5.74, 6) is 0. The van der Waals surface area contributed by atoms with Crippen LogP contribution >= 0.6 is 11.6 Å². The fourth-order valence-corrected chi connectivity index (χ4v) is 3.17. The number of nitrogens with zero attached hydrogens (tertiary/aromatic N) is 2. The fourth-order valence-electron chi connectivity index (χ4n) is 2.98. The average molecular weight is 306 g/mol. The molecular formula is C17H24ClN3. The van der Waals surface area contributed by atoms with Gasteiger partial charge in [-0.05, 0) is 52.3 Å². The van der Waals surface area contributed by atoms with Gasteiger partial charge in [-0.1, -0.05) is 23.7 Å². The van der Waals surface area contributed by atoms with E-state index in [1.165, 1.54) is 16.8 Å². The van der Waals surface area contributed by atoms with Crippen molar-refractivity contribution < 1.29 is 0 Å². The molecule has 1 N–H and O–H groups in total. The summed E-state index contributed by atoms with van der Waals surface area (Å²) < 4.78 is 2.06. The van der Waals surface area contributed by atoms with Crippen LogP contribution in [0.3, 0.4) is 0 Å². The van der Waals surface area contributed by atoms with E-state index in [0.717, 1.165) is 17.3 Å². The topological polar surface area (TPSA) is 29.9 Å². The van der Waals surface area contributed by atoms with E-state index < -0.39 is 0 Å². The lowest BCUT2D eigenvalue weighted by Gasteiger charge is -2.21. The van der Waals surface area contributed by atoms with Gasteiger partial charge in [0.15, 0.2) is 0 Å². The molecule has 0 saturated heterocycles. The minimum atomic E-state index is 0.238. The lowest BCUT2D eigenvalue weighted by atomic mass is 10.0. The summed E-state index contributed by atoms with van der Waals surface area (Å²) in [6, 6.07) is 8.50. The molecule has 0 aliphatic carbocycles. The van der Waals surface area contributed by atoms with Gasteiger partial charge in [-0.15, -0.1) is 0 Å². The van der Waals surface area contributed by atoms with Crippen LogP contribution in [0.4, 0.5) is 0 Å². The summed E-state index contributed by atoms with van der Waals surface area (Å²) in [5.41, 5.74) is 4.85. The SMILES string of the molecule is CCn1nc(C)c(C(C)N[C@@H](C)c2cccc(Cl)c2)c1C. The standard InChI is InChI=1S/C17H24ClN3/c1-6-21-14(5)17(13(4)20-21)12(3)19-11(2)15-8-7-9-16(18)10-15/h7-12,19H,6H2,1-5H3/t11-,12?/m0/s1. The predicted molar refractivity (Wildman–Crippen MR) is 88.8 cm³/mol. The third-order valence-electron chi connectivity index (χ3n) is 4.02. The monoisotopic (exact) mass is 305 g/mol. The van der Waals surface area contributed by atoms with Gasteiger partial charge in [0.05, 0.1) is 5.69 Å². The molecule has 1 aromatic carbocycles. The molecule has 0 bridgehead atoms. The van der Waals surface area contributed by atoms with Crippen LogP contribution in [0.5, 0.6) is 0 Å². The Morgan fingerprint density at radius 2 is 1.95 bits per heavy atom. The van der Waals surface area contributed by atoms with E-state index in [1.54, 1.807) is 0 Å². The van der Waals surface area contributed by atoms with Gasteiger partial charge in [0.2, 0.25) is 0 Å². The van der Waals surface area contributed by atoms with E-state index >= 15 is 0 Å². The van der Waals surface area contributed by atoms with E-state index in [0.29, 0.717) is 0 Å². The summed E-state index contributed by atoms with van der Waals surface area (Å²) in [6.07, 6.45) is 0. The molecule has 0 aliphatic rings. The molecule has 1 heterocycles. The molecule has 2 atom stereocenters. The molecule has 0 amide bonds. The number of benzene rings is 1. The Bertz CT molecular complexity index is 618. The van der Waals surface area contributed by atoms with Gasteiger partial charge in [-0.25, -0.2) is 0 Å². The van der Waals surface area contributed by atoms with Crippen molar-refractivity contribution in [2.45, 2.75) is 53.2 Å². The maximum Gasteiger partial charge on any atom is 0.0644 e. The van der Waals surface area contributed by atoms with Crippen molar-refractivity contribution in [1.29, 1.82) is 0 Å². The lowest BCUT2D eigenvalue weighted by molar-refractivity contribution is 0.491. The number of hydrogen-bond donors (Lipinski definition) is 1. The first-order chi connectivity index (χ1) is 9.93. The Morgan fingerprint density at radius 1 is 1.24 bits per heavy atom. The van der Waals surface area contributed by atoms with Crippen LogP contribution in [0, 0.1) is 13.8 Å². The van der Waals surface area contributed by atoms with Crippen LogP contribution in [-0.2, 0) is 6.54 Å². The molecule has 114 valence electrons. The molecule has 0 saturated carbocycles. The Labute approximate surface area is 132 Å². The first-order valence-corrected chi connectivity index (χ1v) is 7.87. The zero-order chi connectivity index (χ0) is 15.6. The molecule has 1 aromatic heterocycles. The van der Waals surface area contributed by atoms with E-state index in [9.17, 15) is 0 Å². The Balaban J connectivity index is 2.18. The Hall–Kier alpha value is -1.32. The van der Waals surface area contributed by atoms with Gasteiger partial charge in [0.25, 0.3) is 0 Å². The van der Waals surface area contributed by atoms with Gasteiger partial charge in [-0.2, -0.15) is 5.10 Å². The number of hydrogen-bond acceptors (Lipinski definition) is 2. The Kier molecular flexibility index (Phi) is 5.07. The van der Waals surface area contributed by atoms with Gasteiger partial charge < -0.3 is 5.32 Å². The van der Waals surface area contributed by atoms with E-state index in [1.807, 2.05) is 18.2 Å². The predicted octanol–water partition coefficient (Wildman–Crippen LogP) is 4.59. The molecule has 3 nitrogen and oxygen atoms in total. The molecule has 21 heavy (non-hydrogen) atoms. The largest absolute Gasteiger partial charge is 0.304 e. The first-order valence-electron chi connectivity index (χ1n) is 7.49. The fraction of sp³-hybridized carbons (Fsp3) is 0.471. The van der Waals surface area contributed by atoms with Crippen LogP contribution in [0.15, 0.2) is 24.3 Å². The molecule has 4 heteroatoms. The minimum Gasteiger partial charge on any atom is -0.304 e. The van der Waals surface area contributed by atoms with Crippen molar-refractivity contribution in [3.8, 4) is 0 Å². The van der Waals surface area contributed by atoms with Crippen molar-refractivity contribution in [3.05, 3.63) is 51.8 Å². The normalized spacial score (nSPS) is 14.2. The van der Waals surface area contributed by atoms with Gasteiger partial charge in [-0.3, -0.25) is 4.68 Å². The molecule has 2 rings (SSSR count). The highest BCUT2D eigenvalue weighted by molar-refractivity contribution is 6.30. The smallest absolute Gasteiger partial charge is 0.0644 e. The zero-order valence-electron chi connectivity index (χ0n) is 13.4. The number of halogens is 1. The van der Waals surface area contributed by atoms with Crippen LogP contribution in [-0.4, -0.2) is 9.78 Å². The lowest BCUT2D eigenvalue weighted by Crippen LogP contribution is -2.23. The second kappa shape index (κ2) is 6.63. The summed E-state index contributed by atoms with van der Waals surface area (Å²) in [5, 5.41) is 9.02. The van der Waals surface area contributed by atoms with E-state index in [2.05, 4.69) is 55.8 Å². The third kappa shape index (κ3) is 3.47. The highest BCUT2D eigenvalue weighted by Crippen LogP contribution is 2.25. The van der Waals surface area contributed by atoms with Crippen LogP contribution in [0.25, 0.3) is 0 Å². The molecule has 0 fully saturated rings. The summed E-state index contributed by atoms with van der Waals surface area (Å²) in [4.78, 5) is 0. The number of nitrogens with one attached hydrogen (secondary N) is 1. The summed E-state index contributed by atoms with van der Waals surface area (Å²) in [6.45, 7) is 11.6. The van der Waals surface area contributed by atoms with Gasteiger partial charge >= 0.3 is 0 Å². The molecule has 0 radical (unpaired) electrons. The van der Waals surface area contributed by atoms with Crippen LogP contribution in [0.2, 0.25) is 5.02 Å². The zero-order valence-corrected chi connectivity index (χ0v) is 14.2. The van der Waals surface area contributed by atoms with Crippen LogP contribution < -0.4 is 5.32 Å². The minimum absolute atomic E-state index is 0.238. The Morgan fingerprint density at radius 3 is 2.52 bits per heavy atom. The quantitative estimate of drug-likeness (QED) is 0.876. The third-order valence-corrected chi connectivity index (χ3v) is 4.25. The van der Waals surface area contributed by atoms with Crippen molar-refractivity contribution in [2.75, 3.05) is 0 Å². The molecule has 0 aliphatic heterocycles.